The summed E-state index contributed by atoms with van der Waals surface area (Å²) >= 11 is 0. The quantitative estimate of drug-likeness (QED) is 0.194. The molecule has 0 N–H and O–H groups in total. The Hall–Kier alpha value is -0.900. The van der Waals surface area contributed by atoms with E-state index < -0.39 is 5.79 Å². The van der Waals surface area contributed by atoms with Crippen molar-refractivity contribution < 1.29 is 14.2 Å². The molecule has 1 aromatic rings. The van der Waals surface area contributed by atoms with Crippen LogP contribution in [0.2, 0.25) is 0 Å². The Bertz CT molecular complexity index is 569. The molecular formula is C26H42O3. The number of benzene rings is 1. The van der Waals surface area contributed by atoms with E-state index in [9.17, 15) is 0 Å². The molecule has 0 radical (unpaired) electrons. The van der Waals surface area contributed by atoms with Crippen molar-refractivity contribution in [2.75, 3.05) is 14.2 Å². The minimum atomic E-state index is -0.641. The molecule has 29 heavy (non-hydrogen) atoms. The summed E-state index contributed by atoms with van der Waals surface area (Å²) in [4.78, 5) is 0. The number of rotatable bonds is 14. The number of hydrogen-bond donors (Lipinski definition) is 0. The zero-order chi connectivity index (χ0) is 20.5. The van der Waals surface area contributed by atoms with Gasteiger partial charge in [-0.1, -0.05) is 75.8 Å². The third kappa shape index (κ3) is 6.06. The zero-order valence-corrected chi connectivity index (χ0v) is 18.9. The zero-order valence-electron chi connectivity index (χ0n) is 18.9. The lowest BCUT2D eigenvalue weighted by Gasteiger charge is -2.39. The molecule has 0 amide bonds. The maximum atomic E-state index is 6.15. The van der Waals surface area contributed by atoms with Gasteiger partial charge in [-0.15, -0.1) is 0 Å². The molecule has 1 heterocycles. The Kier molecular flexibility index (Phi) is 9.02. The van der Waals surface area contributed by atoms with Crippen LogP contribution in [-0.4, -0.2) is 26.4 Å². The van der Waals surface area contributed by atoms with Gasteiger partial charge in [0.2, 0.25) is 0 Å². The minimum absolute atomic E-state index is 0.379. The van der Waals surface area contributed by atoms with Gasteiger partial charge in [-0.2, -0.15) is 0 Å². The van der Waals surface area contributed by atoms with E-state index >= 15 is 0 Å². The SMILES string of the molecule is CCCCCCCCC(CCC1CCC2OC2C1)C(OC)(OC)c1ccccc1. The molecule has 4 unspecified atom stereocenters. The molecule has 4 atom stereocenters. The third-order valence-corrected chi connectivity index (χ3v) is 7.26. The lowest BCUT2D eigenvalue weighted by Crippen LogP contribution is -2.39. The Morgan fingerprint density at radius 2 is 1.66 bits per heavy atom. The van der Waals surface area contributed by atoms with Crippen LogP contribution in [0.5, 0.6) is 0 Å². The van der Waals surface area contributed by atoms with Crippen LogP contribution in [0.1, 0.15) is 89.5 Å². The molecule has 3 heteroatoms. The molecule has 2 fully saturated rings. The van der Waals surface area contributed by atoms with Crippen molar-refractivity contribution in [1.82, 2.24) is 0 Å². The molecule has 1 aromatic carbocycles. The van der Waals surface area contributed by atoms with Crippen LogP contribution in [0.25, 0.3) is 0 Å². The molecule has 1 aliphatic carbocycles. The van der Waals surface area contributed by atoms with E-state index in [-0.39, 0.29) is 0 Å². The summed E-state index contributed by atoms with van der Waals surface area (Å²) in [5.41, 5.74) is 1.15. The van der Waals surface area contributed by atoms with Crippen LogP contribution in [0.15, 0.2) is 30.3 Å². The second-order valence-electron chi connectivity index (χ2n) is 9.16. The lowest BCUT2D eigenvalue weighted by atomic mass is 9.79. The molecule has 0 aromatic heterocycles. The fourth-order valence-electron chi connectivity index (χ4n) is 5.44. The standard InChI is InChI=1S/C26H42O3/c1-4-5-6-7-8-10-15-23(18-16-21-17-19-24-25(20-21)29-24)26(27-2,28-3)22-13-11-9-12-14-22/h9,11-14,21,23-25H,4-8,10,15-20H2,1-3H3. The summed E-state index contributed by atoms with van der Waals surface area (Å²) in [6.45, 7) is 2.28. The van der Waals surface area contributed by atoms with Gasteiger partial charge in [0.15, 0.2) is 5.79 Å². The van der Waals surface area contributed by atoms with E-state index in [2.05, 4.69) is 37.3 Å². The highest BCUT2D eigenvalue weighted by molar-refractivity contribution is 5.21. The van der Waals surface area contributed by atoms with Gasteiger partial charge in [0.25, 0.3) is 0 Å². The number of fused-ring (bicyclic) bond motifs is 1. The second-order valence-corrected chi connectivity index (χ2v) is 9.16. The van der Waals surface area contributed by atoms with Crippen LogP contribution >= 0.6 is 0 Å². The summed E-state index contributed by atoms with van der Waals surface area (Å²) in [7, 11) is 3.63. The molecule has 1 saturated carbocycles. The minimum Gasteiger partial charge on any atom is -0.370 e. The number of epoxide rings is 1. The molecule has 1 aliphatic heterocycles. The molecule has 164 valence electrons. The van der Waals surface area contributed by atoms with Crippen LogP contribution < -0.4 is 0 Å². The van der Waals surface area contributed by atoms with Crippen LogP contribution in [0, 0.1) is 11.8 Å². The maximum absolute atomic E-state index is 6.15. The predicted octanol–water partition coefficient (Wildman–Crippen LogP) is 6.85. The van der Waals surface area contributed by atoms with Gasteiger partial charge in [0, 0.05) is 25.7 Å². The van der Waals surface area contributed by atoms with Gasteiger partial charge in [-0.25, -0.2) is 0 Å². The fraction of sp³-hybridized carbons (Fsp3) is 0.769. The third-order valence-electron chi connectivity index (χ3n) is 7.26. The van der Waals surface area contributed by atoms with Gasteiger partial charge < -0.3 is 14.2 Å². The van der Waals surface area contributed by atoms with E-state index in [1.165, 1.54) is 64.2 Å². The van der Waals surface area contributed by atoms with Gasteiger partial charge in [-0.3, -0.25) is 0 Å². The van der Waals surface area contributed by atoms with E-state index in [0.29, 0.717) is 18.1 Å². The van der Waals surface area contributed by atoms with E-state index in [1.807, 2.05) is 14.2 Å². The number of methoxy groups -OCH3 is 2. The Morgan fingerprint density at radius 1 is 0.931 bits per heavy atom. The summed E-state index contributed by atoms with van der Waals surface area (Å²) in [6, 6.07) is 10.6. The van der Waals surface area contributed by atoms with Gasteiger partial charge in [-0.05, 0) is 44.4 Å². The molecular weight excluding hydrogens is 360 g/mol. The van der Waals surface area contributed by atoms with Gasteiger partial charge in [0.1, 0.15) is 0 Å². The van der Waals surface area contributed by atoms with Gasteiger partial charge >= 0.3 is 0 Å². The first-order chi connectivity index (χ1) is 14.2. The second kappa shape index (κ2) is 11.5. The van der Waals surface area contributed by atoms with Crippen molar-refractivity contribution in [3.8, 4) is 0 Å². The molecule has 3 rings (SSSR count). The molecule has 1 saturated heterocycles. The normalized spacial score (nSPS) is 24.9. The van der Waals surface area contributed by atoms with E-state index in [0.717, 1.165) is 24.3 Å². The average molecular weight is 403 g/mol. The van der Waals surface area contributed by atoms with Crippen LogP contribution in [0.3, 0.4) is 0 Å². The smallest absolute Gasteiger partial charge is 0.197 e. The first kappa shape index (κ1) is 22.8. The van der Waals surface area contributed by atoms with Crippen LogP contribution in [-0.2, 0) is 20.0 Å². The van der Waals surface area contributed by atoms with Crippen molar-refractivity contribution in [2.24, 2.45) is 11.8 Å². The molecule has 0 spiro atoms. The van der Waals surface area contributed by atoms with Gasteiger partial charge in [0.05, 0.1) is 12.2 Å². The summed E-state index contributed by atoms with van der Waals surface area (Å²) in [5, 5.41) is 0. The Morgan fingerprint density at radius 3 is 2.34 bits per heavy atom. The fourth-order valence-corrected chi connectivity index (χ4v) is 5.44. The molecule has 0 bridgehead atoms. The maximum Gasteiger partial charge on any atom is 0.197 e. The number of hydrogen-bond acceptors (Lipinski definition) is 3. The first-order valence-electron chi connectivity index (χ1n) is 12.0. The number of ether oxygens (including phenoxy) is 3. The Labute approximate surface area is 178 Å². The highest BCUT2D eigenvalue weighted by Crippen LogP contribution is 2.44. The topological polar surface area (TPSA) is 31.0 Å². The van der Waals surface area contributed by atoms with Crippen molar-refractivity contribution in [1.29, 1.82) is 0 Å². The number of unbranched alkanes of at least 4 members (excludes halogenated alkanes) is 5. The lowest BCUT2D eigenvalue weighted by molar-refractivity contribution is -0.253. The highest BCUT2D eigenvalue weighted by atomic mass is 16.7. The highest BCUT2D eigenvalue weighted by Gasteiger charge is 2.45. The van der Waals surface area contributed by atoms with Crippen molar-refractivity contribution in [3.63, 3.8) is 0 Å². The molecule has 2 aliphatic rings. The summed E-state index contributed by atoms with van der Waals surface area (Å²) in [6.07, 6.45) is 16.5. The Balaban J connectivity index is 1.63. The van der Waals surface area contributed by atoms with Crippen molar-refractivity contribution in [2.45, 2.75) is 102 Å². The van der Waals surface area contributed by atoms with Crippen molar-refractivity contribution in [3.05, 3.63) is 35.9 Å². The van der Waals surface area contributed by atoms with E-state index in [4.69, 9.17) is 14.2 Å². The first-order valence-corrected chi connectivity index (χ1v) is 12.0. The largest absolute Gasteiger partial charge is 0.370 e. The predicted molar refractivity (Wildman–Crippen MR) is 119 cm³/mol. The average Bonchev–Trinajstić information content (AvgIpc) is 3.54. The van der Waals surface area contributed by atoms with E-state index in [1.54, 1.807) is 0 Å². The van der Waals surface area contributed by atoms with Crippen LogP contribution in [0.4, 0.5) is 0 Å². The monoisotopic (exact) mass is 402 g/mol. The van der Waals surface area contributed by atoms with Crippen molar-refractivity contribution >= 4 is 0 Å². The molecule has 3 nitrogen and oxygen atoms in total. The summed E-state index contributed by atoms with van der Waals surface area (Å²) in [5.74, 6) is 0.537. The summed E-state index contributed by atoms with van der Waals surface area (Å²) < 4.78 is 18.1.